The van der Waals surface area contributed by atoms with Gasteiger partial charge in [0.1, 0.15) is 10.6 Å². The molecule has 0 rings (SSSR count). The Morgan fingerprint density at radius 2 is 2.50 bits per heavy atom. The van der Waals surface area contributed by atoms with Gasteiger partial charge in [0.05, 0.1) is 0 Å². The minimum atomic E-state index is 0.450. The van der Waals surface area contributed by atoms with Gasteiger partial charge in [-0.15, -0.1) is 12.6 Å². The number of hydrogen-bond acceptors (Lipinski definition) is 2. The molecule has 0 heterocycles. The summed E-state index contributed by atoms with van der Waals surface area (Å²) in [5, 5.41) is 9.31. The van der Waals surface area contributed by atoms with Crippen molar-refractivity contribution in [2.75, 3.05) is 0 Å². The quantitative estimate of drug-likeness (QED) is 0.427. The molecule has 0 amide bonds. The van der Waals surface area contributed by atoms with E-state index in [4.69, 9.17) is 5.26 Å². The lowest BCUT2D eigenvalue weighted by molar-refractivity contribution is 1.53. The van der Waals surface area contributed by atoms with E-state index >= 15 is 0 Å². The van der Waals surface area contributed by atoms with Crippen LogP contribution < -0.4 is 0 Å². The van der Waals surface area contributed by atoms with Crippen molar-refractivity contribution < 1.29 is 0 Å². The van der Waals surface area contributed by atoms with Gasteiger partial charge < -0.3 is 0 Å². The predicted octanol–water partition coefficient (Wildman–Crippen LogP) is 1.68. The first-order valence-electron chi connectivity index (χ1n) is 1.21. The summed E-state index contributed by atoms with van der Waals surface area (Å²) in [6.07, 6.45) is 0. The molecule has 0 atom stereocenters. The standard InChI is InChI=1S/C3H2BrNS/c4-3(1-5)2-6/h2,6H. The molecule has 0 spiro atoms. The van der Waals surface area contributed by atoms with Crippen LogP contribution in [0.25, 0.3) is 0 Å². The molecule has 6 heavy (non-hydrogen) atoms. The molecule has 0 aromatic heterocycles. The molecule has 0 bridgehead atoms. The van der Waals surface area contributed by atoms with Crippen molar-refractivity contribution >= 4 is 28.6 Å². The van der Waals surface area contributed by atoms with Crippen LogP contribution in [0.3, 0.4) is 0 Å². The Morgan fingerprint density at radius 1 is 2.00 bits per heavy atom. The number of allylic oxidation sites excluding steroid dienone is 1. The molecule has 0 fully saturated rings. The van der Waals surface area contributed by atoms with Crippen molar-refractivity contribution in [2.24, 2.45) is 0 Å². The van der Waals surface area contributed by atoms with Crippen LogP contribution in [0.15, 0.2) is 9.89 Å². The third-order valence-electron chi connectivity index (χ3n) is 0.220. The van der Waals surface area contributed by atoms with Gasteiger partial charge in [0.2, 0.25) is 0 Å². The fraction of sp³-hybridized carbons (Fsp3) is 0. The lowest BCUT2D eigenvalue weighted by Gasteiger charge is -1.66. The van der Waals surface area contributed by atoms with Gasteiger partial charge in [0.15, 0.2) is 0 Å². The lowest BCUT2D eigenvalue weighted by Crippen LogP contribution is -1.49. The smallest absolute Gasteiger partial charge is 0.107 e. The maximum absolute atomic E-state index is 7.92. The minimum absolute atomic E-state index is 0.450. The van der Waals surface area contributed by atoms with Gasteiger partial charge in [-0.1, -0.05) is 0 Å². The van der Waals surface area contributed by atoms with Gasteiger partial charge in [0, 0.05) is 0 Å². The van der Waals surface area contributed by atoms with Crippen molar-refractivity contribution in [3.05, 3.63) is 9.89 Å². The van der Waals surface area contributed by atoms with E-state index in [9.17, 15) is 0 Å². The summed E-state index contributed by atoms with van der Waals surface area (Å²) in [7, 11) is 0. The highest BCUT2D eigenvalue weighted by Crippen LogP contribution is 2.01. The predicted molar refractivity (Wildman–Crippen MR) is 31.6 cm³/mol. The van der Waals surface area contributed by atoms with Crippen LogP contribution in [0.1, 0.15) is 0 Å². The largest absolute Gasteiger partial charge is 0.192 e. The third-order valence-corrected chi connectivity index (χ3v) is 1.24. The second-order valence-corrected chi connectivity index (χ2v) is 1.70. The maximum Gasteiger partial charge on any atom is 0.107 e. The van der Waals surface area contributed by atoms with E-state index in [1.165, 1.54) is 5.41 Å². The van der Waals surface area contributed by atoms with E-state index in [2.05, 4.69) is 28.6 Å². The fourth-order valence-corrected chi connectivity index (χ4v) is 0.0866. The normalized spacial score (nSPS) is 10.5. The van der Waals surface area contributed by atoms with Crippen LogP contribution in [0, 0.1) is 11.3 Å². The first kappa shape index (κ1) is 6.06. The van der Waals surface area contributed by atoms with E-state index in [0.717, 1.165) is 0 Å². The molecule has 0 N–H and O–H groups in total. The zero-order chi connectivity index (χ0) is 4.99. The van der Waals surface area contributed by atoms with E-state index in [1.54, 1.807) is 0 Å². The molecule has 1 nitrogen and oxygen atoms in total. The fourth-order valence-electron chi connectivity index (χ4n) is 0.0289. The molecule has 0 aliphatic heterocycles. The van der Waals surface area contributed by atoms with Gasteiger partial charge in [0.25, 0.3) is 0 Å². The Morgan fingerprint density at radius 3 is 2.50 bits per heavy atom. The Hall–Kier alpha value is 0.0600. The molecule has 0 saturated heterocycles. The SMILES string of the molecule is N#CC(Br)=CS. The molecule has 0 aliphatic rings. The first-order chi connectivity index (χ1) is 2.81. The molecule has 3 heteroatoms. The molecule has 0 radical (unpaired) electrons. The number of halogens is 1. The van der Waals surface area contributed by atoms with Crippen molar-refractivity contribution in [2.45, 2.75) is 0 Å². The molecule has 0 aromatic carbocycles. The summed E-state index contributed by atoms with van der Waals surface area (Å²) >= 11 is 6.56. The molecule has 32 valence electrons. The Balaban J connectivity index is 3.61. The highest BCUT2D eigenvalue weighted by atomic mass is 79.9. The average Bonchev–Trinajstić information content (AvgIpc) is 1.65. The number of thiol groups is 1. The van der Waals surface area contributed by atoms with E-state index in [1.807, 2.05) is 6.07 Å². The van der Waals surface area contributed by atoms with Gasteiger partial charge in [-0.05, 0) is 21.3 Å². The molecule has 0 aliphatic carbocycles. The summed E-state index contributed by atoms with van der Waals surface area (Å²) in [4.78, 5) is 0. The van der Waals surface area contributed by atoms with Crippen molar-refractivity contribution in [3.63, 3.8) is 0 Å². The number of hydrogen-bond donors (Lipinski definition) is 1. The summed E-state index contributed by atoms with van der Waals surface area (Å²) in [5.41, 5.74) is 0. The van der Waals surface area contributed by atoms with E-state index in [-0.39, 0.29) is 0 Å². The van der Waals surface area contributed by atoms with Crippen LogP contribution in [0.2, 0.25) is 0 Å². The van der Waals surface area contributed by atoms with Crippen molar-refractivity contribution in [3.8, 4) is 6.07 Å². The average molecular weight is 164 g/mol. The number of nitriles is 1. The highest BCUT2D eigenvalue weighted by molar-refractivity contribution is 9.12. The van der Waals surface area contributed by atoms with Crippen LogP contribution in [0.5, 0.6) is 0 Å². The first-order valence-corrected chi connectivity index (χ1v) is 2.52. The van der Waals surface area contributed by atoms with Crippen molar-refractivity contribution in [1.82, 2.24) is 0 Å². The lowest BCUT2D eigenvalue weighted by atomic mass is 10.7. The van der Waals surface area contributed by atoms with E-state index in [0.29, 0.717) is 4.48 Å². The van der Waals surface area contributed by atoms with Crippen molar-refractivity contribution in [1.29, 1.82) is 5.26 Å². The molecule has 0 saturated carbocycles. The Labute approximate surface area is 50.2 Å². The molecular weight excluding hydrogens is 162 g/mol. The molecular formula is C3H2BrNS. The monoisotopic (exact) mass is 163 g/mol. The maximum atomic E-state index is 7.92. The summed E-state index contributed by atoms with van der Waals surface area (Å²) in [6.45, 7) is 0. The Bertz CT molecular complexity index is 102. The highest BCUT2D eigenvalue weighted by Gasteiger charge is 1.75. The number of nitrogens with zero attached hydrogens (tertiary/aromatic N) is 1. The zero-order valence-electron chi connectivity index (χ0n) is 2.85. The second-order valence-electron chi connectivity index (χ2n) is 0.589. The zero-order valence-corrected chi connectivity index (χ0v) is 5.33. The van der Waals surface area contributed by atoms with Gasteiger partial charge in [-0.3, -0.25) is 0 Å². The van der Waals surface area contributed by atoms with Gasteiger partial charge in [-0.2, -0.15) is 5.26 Å². The topological polar surface area (TPSA) is 23.8 Å². The van der Waals surface area contributed by atoms with Gasteiger partial charge in [-0.25, -0.2) is 0 Å². The van der Waals surface area contributed by atoms with Crippen LogP contribution in [-0.2, 0) is 0 Å². The number of rotatable bonds is 0. The molecule has 0 aromatic rings. The van der Waals surface area contributed by atoms with E-state index < -0.39 is 0 Å². The minimum Gasteiger partial charge on any atom is -0.192 e. The second kappa shape index (κ2) is 3.26. The summed E-state index contributed by atoms with van der Waals surface area (Å²) in [6, 6.07) is 1.82. The van der Waals surface area contributed by atoms with Crippen LogP contribution in [0.4, 0.5) is 0 Å². The summed E-state index contributed by atoms with van der Waals surface area (Å²) < 4.78 is 0.450. The third kappa shape index (κ3) is 2.31. The van der Waals surface area contributed by atoms with Crippen LogP contribution in [-0.4, -0.2) is 0 Å². The Kier molecular flexibility index (Phi) is 3.29. The van der Waals surface area contributed by atoms with Crippen LogP contribution >= 0.6 is 28.6 Å². The molecule has 0 unspecified atom stereocenters. The van der Waals surface area contributed by atoms with Gasteiger partial charge >= 0.3 is 0 Å². The summed E-state index contributed by atoms with van der Waals surface area (Å²) in [5.74, 6) is 0.